The van der Waals surface area contributed by atoms with Crippen molar-refractivity contribution >= 4 is 15.8 Å². The van der Waals surface area contributed by atoms with E-state index >= 15 is 0 Å². The Balaban J connectivity index is 2.70. The lowest BCUT2D eigenvalue weighted by molar-refractivity contribution is -0.147. The Bertz CT molecular complexity index is 381. The Labute approximate surface area is 88.9 Å². The van der Waals surface area contributed by atoms with Crippen molar-refractivity contribution in [3.63, 3.8) is 0 Å². The third-order valence-electron chi connectivity index (χ3n) is 2.42. The van der Waals surface area contributed by atoms with Crippen molar-refractivity contribution in [1.29, 1.82) is 5.26 Å². The predicted molar refractivity (Wildman–Crippen MR) is 52.5 cm³/mol. The fourth-order valence-corrected chi connectivity index (χ4v) is 3.51. The van der Waals surface area contributed by atoms with Crippen LogP contribution in [-0.2, 0) is 19.4 Å². The second-order valence-corrected chi connectivity index (χ2v) is 5.75. The van der Waals surface area contributed by atoms with Crippen molar-refractivity contribution in [2.45, 2.75) is 13.3 Å². The van der Waals surface area contributed by atoms with E-state index < -0.39 is 27.6 Å². The molecule has 2 atom stereocenters. The van der Waals surface area contributed by atoms with E-state index in [0.29, 0.717) is 6.42 Å². The molecule has 1 aliphatic heterocycles. The largest absolute Gasteiger partial charge is 0.465 e. The Hall–Kier alpha value is -1.09. The summed E-state index contributed by atoms with van der Waals surface area (Å²) in [4.78, 5) is 11.3. The van der Waals surface area contributed by atoms with Crippen LogP contribution < -0.4 is 0 Å². The van der Waals surface area contributed by atoms with Crippen LogP contribution in [0.2, 0.25) is 0 Å². The Morgan fingerprint density at radius 2 is 2.33 bits per heavy atom. The highest BCUT2D eigenvalue weighted by molar-refractivity contribution is 7.91. The first-order chi connectivity index (χ1) is 7.00. The molecule has 1 fully saturated rings. The molecule has 0 spiro atoms. The van der Waals surface area contributed by atoms with Crippen LogP contribution in [0.5, 0.6) is 0 Å². The van der Waals surface area contributed by atoms with Crippen molar-refractivity contribution in [2.75, 3.05) is 18.1 Å². The lowest BCUT2D eigenvalue weighted by atomic mass is 9.93. The van der Waals surface area contributed by atoms with E-state index in [9.17, 15) is 13.2 Å². The van der Waals surface area contributed by atoms with Crippen molar-refractivity contribution < 1.29 is 17.9 Å². The lowest BCUT2D eigenvalue weighted by Gasteiger charge is -2.13. The zero-order chi connectivity index (χ0) is 11.5. The summed E-state index contributed by atoms with van der Waals surface area (Å²) in [6.45, 7) is 1.86. The smallest absolute Gasteiger partial charge is 0.323 e. The number of hydrogen-bond acceptors (Lipinski definition) is 5. The number of sulfone groups is 1. The number of hydrogen-bond donors (Lipinski definition) is 0. The highest BCUT2D eigenvalue weighted by Crippen LogP contribution is 2.26. The first kappa shape index (κ1) is 12.0. The van der Waals surface area contributed by atoms with Crippen LogP contribution in [0.1, 0.15) is 13.3 Å². The molecule has 15 heavy (non-hydrogen) atoms. The molecule has 1 heterocycles. The molecular weight excluding hydrogens is 218 g/mol. The van der Waals surface area contributed by atoms with E-state index in [2.05, 4.69) is 0 Å². The highest BCUT2D eigenvalue weighted by atomic mass is 32.2. The van der Waals surface area contributed by atoms with Gasteiger partial charge in [0, 0.05) is 5.92 Å². The Morgan fingerprint density at radius 3 is 2.73 bits per heavy atom. The van der Waals surface area contributed by atoms with Crippen LogP contribution in [0.25, 0.3) is 0 Å². The lowest BCUT2D eigenvalue weighted by Crippen LogP contribution is -2.25. The van der Waals surface area contributed by atoms with Crippen molar-refractivity contribution in [1.82, 2.24) is 0 Å². The summed E-state index contributed by atoms with van der Waals surface area (Å²) in [5, 5.41) is 8.81. The molecule has 1 saturated heterocycles. The number of carbonyl (C=O) groups excluding carboxylic acids is 1. The summed E-state index contributed by atoms with van der Waals surface area (Å²) in [6, 6.07) is 1.83. The highest BCUT2D eigenvalue weighted by Gasteiger charge is 2.38. The van der Waals surface area contributed by atoms with E-state index in [1.807, 2.05) is 6.07 Å². The van der Waals surface area contributed by atoms with Gasteiger partial charge in [0.25, 0.3) is 0 Å². The molecule has 0 bridgehead atoms. The van der Waals surface area contributed by atoms with E-state index in [-0.39, 0.29) is 18.1 Å². The molecule has 0 aromatic rings. The van der Waals surface area contributed by atoms with Gasteiger partial charge in [0.2, 0.25) is 0 Å². The number of carbonyl (C=O) groups is 1. The molecule has 0 N–H and O–H groups in total. The zero-order valence-corrected chi connectivity index (χ0v) is 9.29. The minimum absolute atomic E-state index is 0.0647. The second kappa shape index (κ2) is 4.62. The number of ether oxygens (including phenoxy) is 1. The summed E-state index contributed by atoms with van der Waals surface area (Å²) in [7, 11) is -3.06. The van der Waals surface area contributed by atoms with Crippen LogP contribution in [0.4, 0.5) is 0 Å². The Kier molecular flexibility index (Phi) is 3.69. The van der Waals surface area contributed by atoms with Gasteiger partial charge in [-0.25, -0.2) is 8.42 Å². The minimum atomic E-state index is -3.06. The van der Waals surface area contributed by atoms with Gasteiger partial charge in [-0.15, -0.1) is 0 Å². The van der Waals surface area contributed by atoms with Crippen molar-refractivity contribution in [3.8, 4) is 6.07 Å². The molecule has 0 radical (unpaired) electrons. The Morgan fingerprint density at radius 1 is 1.67 bits per heavy atom. The molecule has 0 unspecified atom stereocenters. The maximum absolute atomic E-state index is 11.3. The summed E-state index contributed by atoms with van der Waals surface area (Å²) in [5.41, 5.74) is 0. The van der Waals surface area contributed by atoms with Gasteiger partial charge in [0.05, 0.1) is 24.2 Å². The first-order valence-corrected chi connectivity index (χ1v) is 6.59. The topological polar surface area (TPSA) is 84.2 Å². The monoisotopic (exact) mass is 231 g/mol. The van der Waals surface area contributed by atoms with E-state index in [1.165, 1.54) is 0 Å². The number of nitrogens with zero attached hydrogens (tertiary/aromatic N) is 1. The van der Waals surface area contributed by atoms with Crippen LogP contribution in [0.15, 0.2) is 0 Å². The molecule has 0 aliphatic carbocycles. The average Bonchev–Trinajstić information content (AvgIpc) is 2.48. The molecule has 0 aromatic heterocycles. The molecule has 5 nitrogen and oxygen atoms in total. The minimum Gasteiger partial charge on any atom is -0.465 e. The molecular formula is C9H13NO4S. The van der Waals surface area contributed by atoms with Crippen LogP contribution >= 0.6 is 0 Å². The molecule has 1 rings (SSSR count). The summed E-state index contributed by atoms with van der Waals surface area (Å²) in [5.74, 6) is -1.97. The van der Waals surface area contributed by atoms with Gasteiger partial charge < -0.3 is 4.74 Å². The SMILES string of the molecule is CCOC(=O)[C@H](C#N)[C@@H]1CCS(=O)(=O)C1. The normalized spacial score (nSPS) is 25.5. The van der Waals surface area contributed by atoms with Crippen molar-refractivity contribution in [3.05, 3.63) is 0 Å². The summed E-state index contributed by atoms with van der Waals surface area (Å²) < 4.78 is 27.1. The van der Waals surface area contributed by atoms with E-state index in [0.717, 1.165) is 0 Å². The van der Waals surface area contributed by atoms with Gasteiger partial charge in [-0.3, -0.25) is 4.79 Å². The van der Waals surface area contributed by atoms with Crippen LogP contribution in [0, 0.1) is 23.2 Å². The third kappa shape index (κ3) is 2.93. The van der Waals surface area contributed by atoms with Gasteiger partial charge in [-0.05, 0) is 13.3 Å². The van der Waals surface area contributed by atoms with E-state index in [4.69, 9.17) is 10.00 Å². The van der Waals surface area contributed by atoms with Gasteiger partial charge >= 0.3 is 5.97 Å². The first-order valence-electron chi connectivity index (χ1n) is 4.77. The van der Waals surface area contributed by atoms with Gasteiger partial charge in [0.1, 0.15) is 5.92 Å². The molecule has 6 heteroatoms. The quantitative estimate of drug-likeness (QED) is 0.644. The second-order valence-electron chi connectivity index (χ2n) is 3.52. The van der Waals surface area contributed by atoms with Gasteiger partial charge in [0.15, 0.2) is 9.84 Å². The van der Waals surface area contributed by atoms with Gasteiger partial charge in [-0.2, -0.15) is 5.26 Å². The van der Waals surface area contributed by atoms with E-state index in [1.54, 1.807) is 6.92 Å². The maximum atomic E-state index is 11.3. The van der Waals surface area contributed by atoms with Crippen LogP contribution in [0.3, 0.4) is 0 Å². The van der Waals surface area contributed by atoms with Crippen molar-refractivity contribution in [2.24, 2.45) is 11.8 Å². The number of esters is 1. The summed E-state index contributed by atoms with van der Waals surface area (Å²) in [6.07, 6.45) is 0.374. The maximum Gasteiger partial charge on any atom is 0.323 e. The summed E-state index contributed by atoms with van der Waals surface area (Å²) >= 11 is 0. The predicted octanol–water partition coefficient (Wildman–Crippen LogP) is 0.124. The molecule has 0 aromatic carbocycles. The molecule has 0 saturated carbocycles. The van der Waals surface area contributed by atoms with Crippen LogP contribution in [-0.4, -0.2) is 32.5 Å². The standard InChI is InChI=1S/C9H13NO4S/c1-2-14-9(11)8(5-10)7-3-4-15(12,13)6-7/h7-8H,2-4,6H2,1H3/t7-,8-/m1/s1. The fourth-order valence-electron chi connectivity index (χ4n) is 1.67. The number of nitriles is 1. The number of rotatable bonds is 3. The van der Waals surface area contributed by atoms with Gasteiger partial charge in [-0.1, -0.05) is 0 Å². The average molecular weight is 231 g/mol. The molecule has 1 aliphatic rings. The zero-order valence-electron chi connectivity index (χ0n) is 8.47. The third-order valence-corrected chi connectivity index (χ3v) is 4.21. The molecule has 0 amide bonds. The fraction of sp³-hybridized carbons (Fsp3) is 0.778. The molecule has 84 valence electrons.